The van der Waals surface area contributed by atoms with E-state index in [0.717, 1.165) is 23.9 Å². The lowest BCUT2D eigenvalue weighted by Gasteiger charge is -2.45. The van der Waals surface area contributed by atoms with Crippen molar-refractivity contribution in [1.29, 1.82) is 5.26 Å². The number of carbonyl (C=O) groups excluding carboxylic acids is 1. The molecule has 0 spiro atoms. The number of thioether (sulfide) groups is 1. The summed E-state index contributed by atoms with van der Waals surface area (Å²) in [4.78, 5) is 34.1. The van der Waals surface area contributed by atoms with Crippen LogP contribution in [-0.2, 0) is 21.1 Å². The molecule has 8 nitrogen and oxygen atoms in total. The molecule has 3 atom stereocenters. The zero-order valence-corrected chi connectivity index (χ0v) is 25.8. The minimum atomic E-state index is -4.90. The highest BCUT2D eigenvalue weighted by atomic mass is 32.2. The van der Waals surface area contributed by atoms with Crippen molar-refractivity contribution < 1.29 is 27.1 Å². The number of nitrogens with zero attached hydrogens (tertiary/aromatic N) is 5. The molecule has 1 saturated carbocycles. The monoisotopic (exact) mass is 641 g/mol. The fraction of sp³-hybridized carbons (Fsp3) is 0.438. The number of benzene rings is 2. The topological polar surface area (TPSA) is 91.5 Å². The number of hydrogen-bond donors (Lipinski definition) is 0. The lowest BCUT2D eigenvalue weighted by Crippen LogP contribution is -2.58. The SMILES string of the molecule is C=CC(=O)N1[C@H](C)CN(c2nc(=O)n3c4c(c(-c5cc(C6(C#N)CC6)ccc5F)c(C(F)(F)F)cc24)SC[C@@H]3COC)C[C@@H]1C. The summed E-state index contributed by atoms with van der Waals surface area (Å²) in [7, 11) is 1.47. The van der Waals surface area contributed by atoms with Gasteiger partial charge in [0.15, 0.2) is 0 Å². The number of methoxy groups -OCH3 is 1. The Morgan fingerprint density at radius 1 is 1.24 bits per heavy atom. The molecule has 1 saturated heterocycles. The van der Waals surface area contributed by atoms with Crippen LogP contribution in [0.1, 0.15) is 43.9 Å². The van der Waals surface area contributed by atoms with E-state index in [2.05, 4.69) is 17.6 Å². The van der Waals surface area contributed by atoms with Gasteiger partial charge in [0, 0.05) is 59.4 Å². The number of alkyl halides is 3. The number of amides is 1. The van der Waals surface area contributed by atoms with Gasteiger partial charge in [-0.05, 0) is 56.5 Å². The van der Waals surface area contributed by atoms with Crippen LogP contribution in [0.5, 0.6) is 0 Å². The molecule has 6 rings (SSSR count). The first kappa shape index (κ1) is 31.1. The summed E-state index contributed by atoms with van der Waals surface area (Å²) in [6.45, 7) is 7.75. The van der Waals surface area contributed by atoms with Crippen molar-refractivity contribution in [2.45, 2.75) is 61.3 Å². The Balaban J connectivity index is 1.65. The molecule has 3 aliphatic rings. The highest BCUT2D eigenvalue weighted by molar-refractivity contribution is 7.99. The van der Waals surface area contributed by atoms with Gasteiger partial charge < -0.3 is 14.5 Å². The van der Waals surface area contributed by atoms with Crippen LogP contribution in [0.25, 0.3) is 22.0 Å². The summed E-state index contributed by atoms with van der Waals surface area (Å²) in [5, 5.41) is 9.86. The molecular formula is C32H31F4N5O3S. The van der Waals surface area contributed by atoms with Crippen molar-refractivity contribution in [3.8, 4) is 17.2 Å². The molecule has 0 bridgehead atoms. The standard InChI is InChI=1S/C32H31F4N5O3S/c1-5-25(42)40-17(2)12-39(13-18(40)3)29-22-11-23(32(34,35)36)26(21-10-19(6-7-24(21)33)31(16-37)8-9-31)28-27(22)41(30(43)38-29)20(14-44-4)15-45-28/h5-7,10-11,17-18,20H,1,8-9,12-15H2,2-4H3/t17-,18+,20-/m0/s1. The maximum absolute atomic E-state index is 15.6. The molecule has 2 aliphatic heterocycles. The largest absolute Gasteiger partial charge is 0.417 e. The van der Waals surface area contributed by atoms with Crippen LogP contribution in [0.3, 0.4) is 0 Å². The average Bonchev–Trinajstić information content (AvgIpc) is 3.80. The molecule has 3 heterocycles. The first-order chi connectivity index (χ1) is 21.3. The van der Waals surface area contributed by atoms with Crippen molar-refractivity contribution in [2.24, 2.45) is 0 Å². The smallest absolute Gasteiger partial charge is 0.383 e. The number of ether oxygens (including phenoxy) is 1. The minimum absolute atomic E-state index is 0.0725. The fourth-order valence-corrected chi connectivity index (χ4v) is 8.09. The predicted octanol–water partition coefficient (Wildman–Crippen LogP) is 5.68. The molecule has 236 valence electrons. The Kier molecular flexibility index (Phi) is 7.72. The van der Waals surface area contributed by atoms with Crippen LogP contribution < -0.4 is 10.6 Å². The Labute approximate surface area is 261 Å². The second-order valence-corrected chi connectivity index (χ2v) is 13.0. The van der Waals surface area contributed by atoms with Gasteiger partial charge in [-0.2, -0.15) is 23.4 Å². The second kappa shape index (κ2) is 11.2. The lowest BCUT2D eigenvalue weighted by atomic mass is 9.90. The number of aromatic nitrogens is 2. The Morgan fingerprint density at radius 3 is 2.51 bits per heavy atom. The number of hydrogen-bond acceptors (Lipinski definition) is 7. The third-order valence-corrected chi connectivity index (χ3v) is 10.2. The summed E-state index contributed by atoms with van der Waals surface area (Å²) in [6.07, 6.45) is -2.60. The molecular weight excluding hydrogens is 610 g/mol. The molecule has 0 N–H and O–H groups in total. The summed E-state index contributed by atoms with van der Waals surface area (Å²) in [6, 6.07) is 5.87. The van der Waals surface area contributed by atoms with Gasteiger partial charge in [0.05, 0.1) is 35.2 Å². The van der Waals surface area contributed by atoms with Crippen LogP contribution in [0.15, 0.2) is 46.6 Å². The summed E-state index contributed by atoms with van der Waals surface area (Å²) >= 11 is 1.12. The quantitative estimate of drug-likeness (QED) is 0.253. The number of carbonyl (C=O) groups is 1. The first-order valence-electron chi connectivity index (χ1n) is 14.6. The average molecular weight is 642 g/mol. The number of piperazine rings is 1. The van der Waals surface area contributed by atoms with Crippen LogP contribution in [0, 0.1) is 17.1 Å². The fourth-order valence-electron chi connectivity index (χ4n) is 6.78. The molecule has 2 aromatic carbocycles. The van der Waals surface area contributed by atoms with Crippen LogP contribution in [0.2, 0.25) is 0 Å². The number of anilines is 1. The van der Waals surface area contributed by atoms with Crippen molar-refractivity contribution in [2.75, 3.05) is 37.5 Å². The number of rotatable bonds is 6. The predicted molar refractivity (Wildman–Crippen MR) is 163 cm³/mol. The van der Waals surface area contributed by atoms with E-state index in [1.807, 2.05) is 13.8 Å². The van der Waals surface area contributed by atoms with Crippen molar-refractivity contribution in [3.63, 3.8) is 0 Å². The van der Waals surface area contributed by atoms with E-state index >= 15 is 17.6 Å². The van der Waals surface area contributed by atoms with Crippen molar-refractivity contribution in [3.05, 3.63) is 64.3 Å². The van der Waals surface area contributed by atoms with Gasteiger partial charge in [0.25, 0.3) is 0 Å². The zero-order chi connectivity index (χ0) is 32.4. The summed E-state index contributed by atoms with van der Waals surface area (Å²) in [5.74, 6) is -0.855. The molecule has 3 aromatic rings. The van der Waals surface area contributed by atoms with E-state index in [1.54, 1.807) is 9.80 Å². The molecule has 1 amide bonds. The van der Waals surface area contributed by atoms with E-state index in [9.17, 15) is 14.9 Å². The van der Waals surface area contributed by atoms with E-state index < -0.39 is 34.7 Å². The Hall–Kier alpha value is -3.89. The van der Waals surface area contributed by atoms with Gasteiger partial charge in [-0.1, -0.05) is 12.6 Å². The van der Waals surface area contributed by atoms with Gasteiger partial charge in [0.1, 0.15) is 11.6 Å². The van der Waals surface area contributed by atoms with Gasteiger partial charge in [-0.15, -0.1) is 11.8 Å². The lowest BCUT2D eigenvalue weighted by molar-refractivity contribution is -0.137. The van der Waals surface area contributed by atoms with E-state index in [-0.39, 0.29) is 76.2 Å². The third-order valence-electron chi connectivity index (χ3n) is 8.99. The number of halogens is 4. The number of nitriles is 1. The van der Waals surface area contributed by atoms with Gasteiger partial charge >= 0.3 is 11.9 Å². The van der Waals surface area contributed by atoms with Gasteiger partial charge in [-0.25, -0.2) is 9.18 Å². The third kappa shape index (κ3) is 5.08. The molecule has 0 unspecified atom stereocenters. The summed E-state index contributed by atoms with van der Waals surface area (Å²) < 4.78 is 67.5. The highest BCUT2D eigenvalue weighted by Gasteiger charge is 2.46. The molecule has 45 heavy (non-hydrogen) atoms. The Morgan fingerprint density at radius 2 is 1.93 bits per heavy atom. The van der Waals surface area contributed by atoms with Crippen molar-refractivity contribution >= 4 is 34.4 Å². The van der Waals surface area contributed by atoms with Crippen LogP contribution in [-0.4, -0.2) is 65.0 Å². The van der Waals surface area contributed by atoms with E-state index in [4.69, 9.17) is 4.74 Å². The molecule has 1 aliphatic carbocycles. The maximum atomic E-state index is 15.6. The highest BCUT2D eigenvalue weighted by Crippen LogP contribution is 2.53. The van der Waals surface area contributed by atoms with Crippen LogP contribution >= 0.6 is 11.8 Å². The van der Waals surface area contributed by atoms with Crippen LogP contribution in [0.4, 0.5) is 23.4 Å². The van der Waals surface area contributed by atoms with Gasteiger partial charge in [0.2, 0.25) is 5.91 Å². The normalized spacial score (nSPS) is 22.3. The first-order valence-corrected chi connectivity index (χ1v) is 15.6. The molecule has 13 heteroatoms. The van der Waals surface area contributed by atoms with E-state index in [1.165, 1.54) is 29.9 Å². The van der Waals surface area contributed by atoms with Gasteiger partial charge in [-0.3, -0.25) is 9.36 Å². The maximum Gasteiger partial charge on any atom is 0.417 e. The molecule has 1 aromatic heterocycles. The Bertz CT molecular complexity index is 1820. The second-order valence-electron chi connectivity index (χ2n) is 12.0. The molecule has 2 fully saturated rings. The van der Waals surface area contributed by atoms with Crippen molar-refractivity contribution in [1.82, 2.24) is 14.5 Å². The summed E-state index contributed by atoms with van der Waals surface area (Å²) in [5.41, 5.74) is -2.52. The molecule has 0 radical (unpaired) electrons. The minimum Gasteiger partial charge on any atom is -0.383 e. The zero-order valence-electron chi connectivity index (χ0n) is 24.9. The van der Waals surface area contributed by atoms with E-state index in [0.29, 0.717) is 18.4 Å².